The zero-order valence-corrected chi connectivity index (χ0v) is 21.3. The van der Waals surface area contributed by atoms with Gasteiger partial charge in [0.05, 0.1) is 12.2 Å². The first-order valence-corrected chi connectivity index (χ1v) is 13.0. The Kier molecular flexibility index (Phi) is 4.90. The van der Waals surface area contributed by atoms with Crippen LogP contribution in [-0.4, -0.2) is 49.5 Å². The smallest absolute Gasteiger partial charge is 0.231 e. The van der Waals surface area contributed by atoms with Crippen molar-refractivity contribution in [3.05, 3.63) is 39.7 Å². The SMILES string of the molecule is Cc1c(-c2[nH]c3sc([C@H]4C[C@H]5CC4CN5CC(N)=O)c(C)c3c2C(C)C)cn2ncnc2c1C. The molecule has 2 aliphatic rings. The monoisotopic (exact) mass is 476 g/mol. The number of amides is 1. The number of aryl methyl sites for hydroxylation is 2. The van der Waals surface area contributed by atoms with E-state index in [1.807, 2.05) is 15.9 Å². The number of piperidine rings is 1. The van der Waals surface area contributed by atoms with Crippen molar-refractivity contribution in [1.29, 1.82) is 0 Å². The zero-order chi connectivity index (χ0) is 23.9. The van der Waals surface area contributed by atoms with Crippen molar-refractivity contribution in [2.75, 3.05) is 13.1 Å². The molecule has 0 aromatic carbocycles. The van der Waals surface area contributed by atoms with Crippen molar-refractivity contribution in [2.45, 2.75) is 65.3 Å². The topological polar surface area (TPSA) is 92.3 Å². The summed E-state index contributed by atoms with van der Waals surface area (Å²) in [4.78, 5) is 24.8. The largest absolute Gasteiger partial charge is 0.369 e. The Morgan fingerprint density at radius 3 is 2.71 bits per heavy atom. The van der Waals surface area contributed by atoms with Crippen LogP contribution in [0.1, 0.15) is 65.7 Å². The fourth-order valence-electron chi connectivity index (χ4n) is 6.61. The second kappa shape index (κ2) is 7.65. The second-order valence-electron chi connectivity index (χ2n) is 10.6. The number of nitrogens with one attached hydrogen (secondary N) is 1. The molecule has 1 amide bonds. The third-order valence-corrected chi connectivity index (χ3v) is 9.62. The van der Waals surface area contributed by atoms with Crippen LogP contribution >= 0.6 is 11.3 Å². The molecule has 8 heteroatoms. The summed E-state index contributed by atoms with van der Waals surface area (Å²) in [7, 11) is 0. The number of hydrogen-bond acceptors (Lipinski definition) is 5. The van der Waals surface area contributed by atoms with E-state index < -0.39 is 0 Å². The molecule has 178 valence electrons. The van der Waals surface area contributed by atoms with Crippen molar-refractivity contribution in [3.8, 4) is 11.3 Å². The van der Waals surface area contributed by atoms with Gasteiger partial charge in [-0.25, -0.2) is 9.50 Å². The van der Waals surface area contributed by atoms with E-state index in [-0.39, 0.29) is 5.91 Å². The number of aromatic amines is 1. The van der Waals surface area contributed by atoms with E-state index in [0.717, 1.165) is 18.6 Å². The number of carbonyl (C=O) groups is 1. The van der Waals surface area contributed by atoms with Crippen LogP contribution in [0.4, 0.5) is 0 Å². The molecule has 0 spiro atoms. The van der Waals surface area contributed by atoms with Crippen molar-refractivity contribution >= 4 is 33.1 Å². The Balaban J connectivity index is 1.43. The fourth-order valence-corrected chi connectivity index (χ4v) is 8.04. The highest BCUT2D eigenvalue weighted by molar-refractivity contribution is 7.19. The Bertz CT molecular complexity index is 1440. The molecule has 7 nitrogen and oxygen atoms in total. The lowest BCUT2D eigenvalue weighted by Crippen LogP contribution is -2.40. The molecule has 6 rings (SSSR count). The van der Waals surface area contributed by atoms with E-state index in [1.165, 1.54) is 55.0 Å². The summed E-state index contributed by atoms with van der Waals surface area (Å²) in [5.41, 5.74) is 14.0. The molecule has 5 heterocycles. The number of primary amides is 1. The van der Waals surface area contributed by atoms with Gasteiger partial charge in [0.15, 0.2) is 5.65 Å². The van der Waals surface area contributed by atoms with Crippen molar-refractivity contribution in [2.24, 2.45) is 11.7 Å². The van der Waals surface area contributed by atoms with E-state index >= 15 is 0 Å². The van der Waals surface area contributed by atoms with Crippen LogP contribution in [0.15, 0.2) is 12.5 Å². The van der Waals surface area contributed by atoms with E-state index in [1.54, 1.807) is 6.33 Å². The molecule has 3 atom stereocenters. The molecule has 4 aromatic rings. The van der Waals surface area contributed by atoms with Crippen molar-refractivity contribution in [1.82, 2.24) is 24.5 Å². The number of likely N-dealkylation sites (tertiary alicyclic amines) is 1. The number of hydrogen-bond donors (Lipinski definition) is 2. The summed E-state index contributed by atoms with van der Waals surface area (Å²) in [6.45, 7) is 12.6. The first kappa shape index (κ1) is 21.8. The molecular weight excluding hydrogens is 444 g/mol. The van der Waals surface area contributed by atoms with Gasteiger partial charge in [0.1, 0.15) is 11.2 Å². The lowest BCUT2D eigenvalue weighted by atomic mass is 9.88. The highest BCUT2D eigenvalue weighted by Crippen LogP contribution is 2.53. The van der Waals surface area contributed by atoms with Crippen LogP contribution in [0.25, 0.3) is 27.1 Å². The predicted molar refractivity (Wildman–Crippen MR) is 136 cm³/mol. The van der Waals surface area contributed by atoms with Crippen molar-refractivity contribution < 1.29 is 4.79 Å². The number of H-pyrrole nitrogens is 1. The van der Waals surface area contributed by atoms with E-state index in [9.17, 15) is 4.79 Å². The van der Waals surface area contributed by atoms with E-state index in [2.05, 4.69) is 60.8 Å². The van der Waals surface area contributed by atoms with Gasteiger partial charge in [0.25, 0.3) is 0 Å². The number of nitrogens with two attached hydrogens (primary N) is 1. The van der Waals surface area contributed by atoms with E-state index in [0.29, 0.717) is 30.3 Å². The standard InChI is InChI=1S/C26H32N6OS/c1-12(2)21-22-15(5)24(18-7-17-6-16(18)8-31(17)10-20(27)33)34-26(22)30-23(21)19-9-32-25(28-11-29-32)14(4)13(19)3/h9,11-12,16-18,30H,6-8,10H2,1-5H3,(H2,27,33)/t16?,17-,18+/m1/s1. The number of thiophene rings is 1. The van der Waals surface area contributed by atoms with Gasteiger partial charge in [-0.05, 0) is 73.6 Å². The minimum atomic E-state index is -0.214. The first-order chi connectivity index (χ1) is 16.2. The fraction of sp³-hybridized carbons (Fsp3) is 0.500. The van der Waals surface area contributed by atoms with Crippen LogP contribution in [-0.2, 0) is 4.79 Å². The average molecular weight is 477 g/mol. The lowest BCUT2D eigenvalue weighted by Gasteiger charge is -2.30. The molecule has 4 aromatic heterocycles. The predicted octanol–water partition coefficient (Wildman–Crippen LogP) is 4.65. The van der Waals surface area contributed by atoms with Crippen LogP contribution in [0.3, 0.4) is 0 Å². The maximum Gasteiger partial charge on any atom is 0.231 e. The Morgan fingerprint density at radius 2 is 2.03 bits per heavy atom. The molecule has 34 heavy (non-hydrogen) atoms. The minimum Gasteiger partial charge on any atom is -0.369 e. The number of aromatic nitrogens is 4. The maximum absolute atomic E-state index is 11.4. The molecule has 2 bridgehead atoms. The summed E-state index contributed by atoms with van der Waals surface area (Å²) in [5.74, 6) is 1.38. The number of carbonyl (C=O) groups excluding carboxylic acids is 1. The van der Waals surface area contributed by atoms with Crippen LogP contribution in [0, 0.1) is 26.7 Å². The number of fused-ring (bicyclic) bond motifs is 4. The Labute approximate surface area is 203 Å². The van der Waals surface area contributed by atoms with Gasteiger partial charge in [-0.2, -0.15) is 5.10 Å². The Morgan fingerprint density at radius 1 is 1.24 bits per heavy atom. The lowest BCUT2D eigenvalue weighted by molar-refractivity contribution is -0.119. The zero-order valence-electron chi connectivity index (χ0n) is 20.5. The molecule has 2 fully saturated rings. The number of nitrogens with zero attached hydrogens (tertiary/aromatic N) is 4. The van der Waals surface area contributed by atoms with Crippen LogP contribution < -0.4 is 5.73 Å². The van der Waals surface area contributed by atoms with Gasteiger partial charge in [-0.3, -0.25) is 9.69 Å². The summed E-state index contributed by atoms with van der Waals surface area (Å²) in [6, 6.07) is 0.488. The van der Waals surface area contributed by atoms with Gasteiger partial charge < -0.3 is 10.7 Å². The molecule has 1 saturated carbocycles. The minimum absolute atomic E-state index is 0.214. The highest BCUT2D eigenvalue weighted by Gasteiger charge is 2.46. The quantitative estimate of drug-likeness (QED) is 0.438. The Hall–Kier alpha value is -2.71. The maximum atomic E-state index is 11.4. The van der Waals surface area contributed by atoms with Gasteiger partial charge in [0.2, 0.25) is 5.91 Å². The molecule has 1 saturated heterocycles. The number of pyridine rings is 1. The second-order valence-corrected chi connectivity index (χ2v) is 11.6. The summed E-state index contributed by atoms with van der Waals surface area (Å²) in [5, 5.41) is 5.81. The molecule has 1 aliphatic heterocycles. The number of rotatable bonds is 5. The summed E-state index contributed by atoms with van der Waals surface area (Å²) >= 11 is 1.94. The first-order valence-electron chi connectivity index (χ1n) is 12.2. The molecule has 1 unspecified atom stereocenters. The normalized spacial score (nSPS) is 22.7. The molecule has 0 radical (unpaired) electrons. The average Bonchev–Trinajstić information content (AvgIpc) is 3.57. The van der Waals surface area contributed by atoms with Gasteiger partial charge in [0, 0.05) is 34.6 Å². The highest BCUT2D eigenvalue weighted by atomic mass is 32.1. The molecule has 3 N–H and O–H groups in total. The van der Waals surface area contributed by atoms with Crippen molar-refractivity contribution in [3.63, 3.8) is 0 Å². The third-order valence-electron chi connectivity index (χ3n) is 8.28. The van der Waals surface area contributed by atoms with Gasteiger partial charge in [-0.1, -0.05) is 13.8 Å². The van der Waals surface area contributed by atoms with Crippen LogP contribution in [0.5, 0.6) is 0 Å². The molecular formula is C26H32N6OS. The summed E-state index contributed by atoms with van der Waals surface area (Å²) < 4.78 is 1.89. The third kappa shape index (κ3) is 3.08. The van der Waals surface area contributed by atoms with Crippen LogP contribution in [0.2, 0.25) is 0 Å². The summed E-state index contributed by atoms with van der Waals surface area (Å²) in [6.07, 6.45) is 6.05. The van der Waals surface area contributed by atoms with E-state index in [4.69, 9.17) is 5.73 Å². The van der Waals surface area contributed by atoms with Gasteiger partial charge >= 0.3 is 0 Å². The van der Waals surface area contributed by atoms with Gasteiger partial charge in [-0.15, -0.1) is 11.3 Å². The molecule has 1 aliphatic carbocycles.